The Bertz CT molecular complexity index is 374. The van der Waals surface area contributed by atoms with E-state index in [0.29, 0.717) is 0 Å². The Hall–Kier alpha value is -0.430. The fourth-order valence-electron chi connectivity index (χ4n) is 2.53. The van der Waals surface area contributed by atoms with Crippen molar-refractivity contribution in [3.05, 3.63) is 27.8 Å². The highest BCUT2D eigenvalue weighted by Gasteiger charge is 2.19. The molecule has 0 bridgehead atoms. The normalized spacial score (nSPS) is 15.0. The van der Waals surface area contributed by atoms with Crippen LogP contribution < -0.4 is 5.30 Å². The number of hydrogen-bond donors (Lipinski definition) is 2. The van der Waals surface area contributed by atoms with E-state index in [9.17, 15) is 10.2 Å². The average Bonchev–Trinajstić information content (AvgIpc) is 2.13. The van der Waals surface area contributed by atoms with E-state index in [4.69, 9.17) is 0 Å². The van der Waals surface area contributed by atoms with Crippen molar-refractivity contribution in [2.45, 2.75) is 46.8 Å². The highest BCUT2D eigenvalue weighted by atomic mass is 31.0. The summed E-state index contributed by atoms with van der Waals surface area (Å²) in [6.45, 7) is 9.52. The number of aliphatic hydroxyl groups excluding tert-OH is 2. The maximum absolute atomic E-state index is 9.82. The Morgan fingerprint density at radius 2 is 1.12 bits per heavy atom. The molecule has 0 saturated heterocycles. The van der Waals surface area contributed by atoms with Crippen LogP contribution in [0.3, 0.4) is 0 Å². The van der Waals surface area contributed by atoms with Gasteiger partial charge in [-0.05, 0) is 67.7 Å². The Kier molecular flexibility index (Phi) is 4.12. The van der Waals surface area contributed by atoms with Crippen LogP contribution in [0.1, 0.15) is 53.9 Å². The van der Waals surface area contributed by atoms with Crippen molar-refractivity contribution in [3.8, 4) is 0 Å². The molecule has 1 aromatic rings. The van der Waals surface area contributed by atoms with E-state index in [1.165, 1.54) is 0 Å². The highest BCUT2D eigenvalue weighted by Crippen LogP contribution is 2.30. The minimum Gasteiger partial charge on any atom is -0.389 e. The van der Waals surface area contributed by atoms with Gasteiger partial charge in [0.05, 0.1) is 12.2 Å². The Morgan fingerprint density at radius 3 is 1.38 bits per heavy atom. The molecule has 16 heavy (non-hydrogen) atoms. The van der Waals surface area contributed by atoms with Crippen molar-refractivity contribution < 1.29 is 10.2 Å². The van der Waals surface area contributed by atoms with E-state index in [1.54, 1.807) is 13.8 Å². The van der Waals surface area contributed by atoms with Gasteiger partial charge >= 0.3 is 0 Å². The van der Waals surface area contributed by atoms with E-state index in [1.807, 2.05) is 20.8 Å². The van der Waals surface area contributed by atoms with Crippen molar-refractivity contribution in [2.24, 2.45) is 0 Å². The zero-order valence-corrected chi connectivity index (χ0v) is 11.8. The lowest BCUT2D eigenvalue weighted by molar-refractivity contribution is 0.190. The van der Waals surface area contributed by atoms with Gasteiger partial charge in [0.2, 0.25) is 0 Å². The van der Waals surface area contributed by atoms with Gasteiger partial charge in [-0.3, -0.25) is 0 Å². The summed E-state index contributed by atoms with van der Waals surface area (Å²) < 4.78 is 0. The van der Waals surface area contributed by atoms with Crippen molar-refractivity contribution in [1.82, 2.24) is 0 Å². The summed E-state index contributed by atoms with van der Waals surface area (Å²) in [5.41, 5.74) is 5.07. The van der Waals surface area contributed by atoms with Gasteiger partial charge in [0.25, 0.3) is 0 Å². The van der Waals surface area contributed by atoms with Gasteiger partial charge in [0.1, 0.15) is 0 Å². The first-order valence-electron chi connectivity index (χ1n) is 5.54. The van der Waals surface area contributed by atoms with Gasteiger partial charge in [0, 0.05) is 0 Å². The summed E-state index contributed by atoms with van der Waals surface area (Å²) in [6, 6.07) is 0. The number of rotatable bonds is 2. The highest BCUT2D eigenvalue weighted by molar-refractivity contribution is 7.27. The average molecular weight is 240 g/mol. The molecule has 0 aliphatic rings. The largest absolute Gasteiger partial charge is 0.389 e. The van der Waals surface area contributed by atoms with Crippen LogP contribution in [0.2, 0.25) is 0 Å². The van der Waals surface area contributed by atoms with E-state index in [-0.39, 0.29) is 0 Å². The molecule has 0 spiro atoms. The molecule has 0 saturated carbocycles. The fraction of sp³-hybridized carbons (Fsp3) is 0.538. The molecule has 1 rings (SSSR count). The van der Waals surface area contributed by atoms with E-state index in [2.05, 4.69) is 9.24 Å². The molecule has 0 aliphatic carbocycles. The van der Waals surface area contributed by atoms with Crippen LogP contribution in [0.5, 0.6) is 0 Å². The Labute approximate surface area is 99.9 Å². The van der Waals surface area contributed by atoms with E-state index in [0.717, 1.165) is 33.1 Å². The lowest BCUT2D eigenvalue weighted by atomic mass is 9.88. The standard InChI is InChI=1S/C13H21O2P/c1-6-11(9(4)14)7(2)13(16)8(3)12(6)10(5)15/h9-10,14-15H,16H2,1-5H3. The molecule has 90 valence electrons. The van der Waals surface area contributed by atoms with E-state index >= 15 is 0 Å². The third-order valence-electron chi connectivity index (χ3n) is 3.26. The van der Waals surface area contributed by atoms with Crippen molar-refractivity contribution in [3.63, 3.8) is 0 Å². The molecular formula is C13H21O2P. The van der Waals surface area contributed by atoms with Crippen LogP contribution in [0.4, 0.5) is 0 Å². The summed E-state index contributed by atoms with van der Waals surface area (Å²) >= 11 is 0. The van der Waals surface area contributed by atoms with Crippen LogP contribution in [0.15, 0.2) is 0 Å². The van der Waals surface area contributed by atoms with Crippen LogP contribution in [-0.4, -0.2) is 10.2 Å². The molecule has 2 nitrogen and oxygen atoms in total. The smallest absolute Gasteiger partial charge is 0.0767 e. The van der Waals surface area contributed by atoms with Crippen molar-refractivity contribution in [1.29, 1.82) is 0 Å². The van der Waals surface area contributed by atoms with Gasteiger partial charge < -0.3 is 10.2 Å². The topological polar surface area (TPSA) is 40.5 Å². The molecule has 3 unspecified atom stereocenters. The summed E-state index contributed by atoms with van der Waals surface area (Å²) in [5.74, 6) is 0. The number of benzene rings is 1. The molecule has 3 atom stereocenters. The molecule has 1 aromatic carbocycles. The Balaban J connectivity index is 3.66. The van der Waals surface area contributed by atoms with Gasteiger partial charge in [0.15, 0.2) is 0 Å². The molecule has 0 heterocycles. The lowest BCUT2D eigenvalue weighted by Crippen LogP contribution is -2.16. The number of aliphatic hydroxyl groups is 2. The SMILES string of the molecule is Cc1c(P)c(C)c(C(C)O)c(C)c1C(C)O. The molecule has 0 aromatic heterocycles. The van der Waals surface area contributed by atoms with Crippen molar-refractivity contribution >= 4 is 14.5 Å². The molecular weight excluding hydrogens is 219 g/mol. The maximum atomic E-state index is 9.82. The van der Waals surface area contributed by atoms with Crippen LogP contribution in [-0.2, 0) is 0 Å². The molecule has 2 N–H and O–H groups in total. The first kappa shape index (κ1) is 13.6. The quantitative estimate of drug-likeness (QED) is 0.778. The minimum absolute atomic E-state index is 0.502. The number of hydrogen-bond acceptors (Lipinski definition) is 2. The molecule has 0 radical (unpaired) electrons. The van der Waals surface area contributed by atoms with Gasteiger partial charge in [-0.1, -0.05) is 0 Å². The molecule has 0 fully saturated rings. The lowest BCUT2D eigenvalue weighted by Gasteiger charge is -2.23. The monoisotopic (exact) mass is 240 g/mol. The zero-order chi connectivity index (χ0) is 12.6. The summed E-state index contributed by atoms with van der Waals surface area (Å²) in [7, 11) is 2.70. The second kappa shape index (κ2) is 4.83. The summed E-state index contributed by atoms with van der Waals surface area (Å²) in [5, 5.41) is 20.7. The fourth-order valence-corrected chi connectivity index (χ4v) is 2.84. The molecule has 3 heteroatoms. The first-order valence-corrected chi connectivity index (χ1v) is 6.11. The van der Waals surface area contributed by atoms with Crippen LogP contribution in [0, 0.1) is 20.8 Å². The Morgan fingerprint density at radius 1 is 0.812 bits per heavy atom. The van der Waals surface area contributed by atoms with Crippen molar-refractivity contribution in [2.75, 3.05) is 0 Å². The second-order valence-electron chi connectivity index (χ2n) is 4.47. The second-order valence-corrected chi connectivity index (χ2v) is 5.05. The predicted octanol–water partition coefficient (Wildman–Crippen LogP) is 2.22. The van der Waals surface area contributed by atoms with E-state index < -0.39 is 12.2 Å². The third-order valence-corrected chi connectivity index (χ3v) is 4.13. The third kappa shape index (κ3) is 2.15. The molecule has 0 amide bonds. The first-order chi connectivity index (χ1) is 7.29. The van der Waals surface area contributed by atoms with Gasteiger partial charge in [-0.25, -0.2) is 0 Å². The van der Waals surface area contributed by atoms with Crippen LogP contribution in [0.25, 0.3) is 0 Å². The minimum atomic E-state index is -0.502. The van der Waals surface area contributed by atoms with Gasteiger partial charge in [-0.2, -0.15) is 0 Å². The van der Waals surface area contributed by atoms with Gasteiger partial charge in [-0.15, -0.1) is 9.24 Å². The summed E-state index contributed by atoms with van der Waals surface area (Å²) in [6.07, 6.45) is -1.00. The zero-order valence-electron chi connectivity index (χ0n) is 10.6. The predicted molar refractivity (Wildman–Crippen MR) is 71.3 cm³/mol. The maximum Gasteiger partial charge on any atom is 0.0767 e. The van der Waals surface area contributed by atoms with Crippen LogP contribution >= 0.6 is 9.24 Å². The summed E-state index contributed by atoms with van der Waals surface area (Å²) in [4.78, 5) is 0. The molecule has 0 aliphatic heterocycles.